The van der Waals surface area contributed by atoms with E-state index in [1.807, 2.05) is 41.6 Å². The Morgan fingerprint density at radius 3 is 2.74 bits per heavy atom. The van der Waals surface area contributed by atoms with Gasteiger partial charge in [0.05, 0.1) is 35.2 Å². The second kappa shape index (κ2) is 6.27. The SMILES string of the molecule is Cc1nc2ccn([C@H]3CCO[C@@H](c4cnn(C5CC5)c4)C3)c(=O)c2nc1C. The van der Waals surface area contributed by atoms with Gasteiger partial charge in [-0.1, -0.05) is 0 Å². The van der Waals surface area contributed by atoms with Crippen molar-refractivity contribution in [2.24, 2.45) is 0 Å². The Kier molecular flexibility index (Phi) is 3.86. The van der Waals surface area contributed by atoms with Gasteiger partial charge in [0.25, 0.3) is 5.56 Å². The summed E-state index contributed by atoms with van der Waals surface area (Å²) in [6.07, 6.45) is 9.84. The summed E-state index contributed by atoms with van der Waals surface area (Å²) in [7, 11) is 0. The standard InChI is InChI=1S/C20H23N5O2/c1-12-13(2)23-19-17(22-12)5-7-24(20(19)26)16-6-8-27-18(9-16)14-10-21-25(11-14)15-3-4-15/h5,7,10-11,15-16,18H,3-4,6,8-9H2,1-2H3/t16-,18+/m0/s1. The molecule has 3 aromatic rings. The first-order chi connectivity index (χ1) is 13.1. The first kappa shape index (κ1) is 16.6. The van der Waals surface area contributed by atoms with E-state index >= 15 is 0 Å². The molecule has 0 bridgehead atoms. The minimum absolute atomic E-state index is 0.0234. The summed E-state index contributed by atoms with van der Waals surface area (Å²) in [5.41, 5.74) is 3.81. The van der Waals surface area contributed by atoms with Crippen molar-refractivity contribution in [3.8, 4) is 0 Å². The number of hydrogen-bond donors (Lipinski definition) is 0. The lowest BCUT2D eigenvalue weighted by Gasteiger charge is -2.30. The maximum atomic E-state index is 13.0. The monoisotopic (exact) mass is 365 g/mol. The lowest BCUT2D eigenvalue weighted by Crippen LogP contribution is -2.30. The number of pyridine rings is 1. The van der Waals surface area contributed by atoms with Gasteiger partial charge in [0.1, 0.15) is 0 Å². The summed E-state index contributed by atoms with van der Waals surface area (Å²) >= 11 is 0. The first-order valence-electron chi connectivity index (χ1n) is 9.62. The molecule has 140 valence electrons. The van der Waals surface area contributed by atoms with Crippen LogP contribution in [0.5, 0.6) is 0 Å². The third-order valence-corrected chi connectivity index (χ3v) is 5.73. The van der Waals surface area contributed by atoms with E-state index in [1.165, 1.54) is 12.8 Å². The zero-order valence-electron chi connectivity index (χ0n) is 15.6. The molecule has 0 radical (unpaired) electrons. The second-order valence-electron chi connectivity index (χ2n) is 7.68. The molecule has 2 fully saturated rings. The van der Waals surface area contributed by atoms with E-state index in [1.54, 1.807) is 0 Å². The quantitative estimate of drug-likeness (QED) is 0.713. The van der Waals surface area contributed by atoms with Crippen molar-refractivity contribution in [3.05, 3.63) is 52.0 Å². The maximum Gasteiger partial charge on any atom is 0.278 e. The molecule has 0 spiro atoms. The van der Waals surface area contributed by atoms with Crippen LogP contribution in [0, 0.1) is 13.8 Å². The average molecular weight is 365 g/mol. The number of ether oxygens (including phenoxy) is 1. The van der Waals surface area contributed by atoms with E-state index in [2.05, 4.69) is 21.3 Å². The van der Waals surface area contributed by atoms with Gasteiger partial charge in [-0.3, -0.25) is 9.48 Å². The van der Waals surface area contributed by atoms with Crippen LogP contribution in [-0.2, 0) is 4.74 Å². The molecule has 2 atom stereocenters. The Bertz CT molecular complexity index is 1070. The molecule has 0 unspecified atom stereocenters. The van der Waals surface area contributed by atoms with Crippen LogP contribution in [-0.4, -0.2) is 30.9 Å². The van der Waals surface area contributed by atoms with Crippen molar-refractivity contribution in [1.29, 1.82) is 0 Å². The average Bonchev–Trinajstić information content (AvgIpc) is 3.41. The van der Waals surface area contributed by atoms with Crippen molar-refractivity contribution in [2.45, 2.75) is 57.7 Å². The highest BCUT2D eigenvalue weighted by atomic mass is 16.5. The summed E-state index contributed by atoms with van der Waals surface area (Å²) in [5, 5.41) is 4.48. The van der Waals surface area contributed by atoms with E-state index in [9.17, 15) is 4.79 Å². The number of aryl methyl sites for hydroxylation is 2. The molecule has 2 aliphatic rings. The van der Waals surface area contributed by atoms with E-state index < -0.39 is 0 Å². The molecule has 0 N–H and O–H groups in total. The van der Waals surface area contributed by atoms with Crippen LogP contribution in [0.4, 0.5) is 0 Å². The highest BCUT2D eigenvalue weighted by Crippen LogP contribution is 2.37. The molecule has 4 heterocycles. The molecular weight excluding hydrogens is 342 g/mol. The summed E-state index contributed by atoms with van der Waals surface area (Å²) in [4.78, 5) is 22.0. The van der Waals surface area contributed by atoms with Crippen LogP contribution in [0.2, 0.25) is 0 Å². The van der Waals surface area contributed by atoms with E-state index in [-0.39, 0.29) is 17.7 Å². The normalized spacial score (nSPS) is 23.0. The van der Waals surface area contributed by atoms with Crippen LogP contribution in [0.25, 0.3) is 11.0 Å². The van der Waals surface area contributed by atoms with Gasteiger partial charge < -0.3 is 9.30 Å². The van der Waals surface area contributed by atoms with E-state index in [4.69, 9.17) is 4.74 Å². The first-order valence-corrected chi connectivity index (χ1v) is 9.62. The van der Waals surface area contributed by atoms with Crippen LogP contribution >= 0.6 is 0 Å². The highest BCUT2D eigenvalue weighted by molar-refractivity contribution is 5.73. The fraction of sp³-hybridized carbons (Fsp3) is 0.500. The Morgan fingerprint density at radius 2 is 1.93 bits per heavy atom. The molecule has 5 rings (SSSR count). The summed E-state index contributed by atoms with van der Waals surface area (Å²) in [6.45, 7) is 4.44. The van der Waals surface area contributed by atoms with Crippen molar-refractivity contribution >= 4 is 11.0 Å². The minimum Gasteiger partial charge on any atom is -0.373 e. The molecule has 1 saturated heterocycles. The molecule has 1 aliphatic carbocycles. The number of hydrogen-bond acceptors (Lipinski definition) is 5. The lowest BCUT2D eigenvalue weighted by atomic mass is 9.99. The summed E-state index contributed by atoms with van der Waals surface area (Å²) in [5.74, 6) is 0. The van der Waals surface area contributed by atoms with Gasteiger partial charge in [-0.2, -0.15) is 5.10 Å². The number of nitrogens with zero attached hydrogens (tertiary/aromatic N) is 5. The third kappa shape index (κ3) is 2.96. The van der Waals surface area contributed by atoms with Crippen LogP contribution in [0.15, 0.2) is 29.5 Å². The minimum atomic E-state index is -0.0672. The van der Waals surface area contributed by atoms with Gasteiger partial charge in [-0.15, -0.1) is 0 Å². The molecule has 0 amide bonds. The van der Waals surface area contributed by atoms with Crippen molar-refractivity contribution < 1.29 is 4.74 Å². The zero-order chi connectivity index (χ0) is 18.5. The van der Waals surface area contributed by atoms with Crippen molar-refractivity contribution in [2.75, 3.05) is 6.61 Å². The molecule has 1 aliphatic heterocycles. The molecule has 7 nitrogen and oxygen atoms in total. The second-order valence-corrected chi connectivity index (χ2v) is 7.68. The van der Waals surface area contributed by atoms with Crippen molar-refractivity contribution in [3.63, 3.8) is 0 Å². The number of fused-ring (bicyclic) bond motifs is 1. The Labute approximate surface area is 157 Å². The van der Waals surface area contributed by atoms with Crippen LogP contribution in [0.3, 0.4) is 0 Å². The predicted octanol–water partition coefficient (Wildman–Crippen LogP) is 3.03. The number of aromatic nitrogens is 5. The largest absolute Gasteiger partial charge is 0.373 e. The van der Waals surface area contributed by atoms with Gasteiger partial charge in [-0.05, 0) is 45.6 Å². The Morgan fingerprint density at radius 1 is 1.11 bits per heavy atom. The van der Waals surface area contributed by atoms with Crippen LogP contribution < -0.4 is 5.56 Å². The van der Waals surface area contributed by atoms with Gasteiger partial charge >= 0.3 is 0 Å². The summed E-state index contributed by atoms with van der Waals surface area (Å²) < 4.78 is 9.85. The molecule has 7 heteroatoms. The lowest BCUT2D eigenvalue weighted by molar-refractivity contribution is -0.00763. The third-order valence-electron chi connectivity index (χ3n) is 5.73. The molecule has 1 saturated carbocycles. The molecule has 27 heavy (non-hydrogen) atoms. The Balaban J connectivity index is 1.45. The fourth-order valence-corrected chi connectivity index (χ4v) is 3.84. The van der Waals surface area contributed by atoms with Gasteiger partial charge in [0.15, 0.2) is 5.52 Å². The highest BCUT2D eigenvalue weighted by Gasteiger charge is 2.29. The fourth-order valence-electron chi connectivity index (χ4n) is 3.84. The summed E-state index contributed by atoms with van der Waals surface area (Å²) in [6, 6.07) is 2.55. The molecule has 3 aromatic heterocycles. The maximum absolute atomic E-state index is 13.0. The smallest absolute Gasteiger partial charge is 0.278 e. The van der Waals surface area contributed by atoms with Crippen LogP contribution in [0.1, 0.15) is 60.8 Å². The zero-order valence-corrected chi connectivity index (χ0v) is 15.6. The van der Waals surface area contributed by atoms with Gasteiger partial charge in [0.2, 0.25) is 0 Å². The Hall–Kier alpha value is -2.54. The van der Waals surface area contributed by atoms with Crippen molar-refractivity contribution in [1.82, 2.24) is 24.3 Å². The van der Waals surface area contributed by atoms with E-state index in [0.29, 0.717) is 23.7 Å². The topological polar surface area (TPSA) is 74.8 Å². The predicted molar refractivity (Wildman–Crippen MR) is 101 cm³/mol. The number of rotatable bonds is 3. The van der Waals surface area contributed by atoms with Gasteiger partial charge in [-0.25, -0.2) is 9.97 Å². The van der Waals surface area contributed by atoms with E-state index in [0.717, 1.165) is 29.8 Å². The molecule has 0 aromatic carbocycles. The molecular formula is C20H23N5O2. The van der Waals surface area contributed by atoms with Gasteiger partial charge in [0, 0.05) is 30.6 Å².